The quantitative estimate of drug-likeness (QED) is 0.545. The zero-order valence-electron chi connectivity index (χ0n) is 11.6. The Balaban J connectivity index is 1.56. The highest BCUT2D eigenvalue weighted by Crippen LogP contribution is 2.28. The van der Waals surface area contributed by atoms with Gasteiger partial charge in [-0.05, 0) is 48.2 Å². The summed E-state index contributed by atoms with van der Waals surface area (Å²) in [5.41, 5.74) is 5.40. The molecule has 0 saturated carbocycles. The lowest BCUT2D eigenvalue weighted by Gasteiger charge is -2.04. The summed E-state index contributed by atoms with van der Waals surface area (Å²) in [6.07, 6.45) is 0. The molecule has 4 heteroatoms. The predicted molar refractivity (Wildman–Crippen MR) is 93.5 cm³/mol. The summed E-state index contributed by atoms with van der Waals surface area (Å²) in [6, 6.07) is 15.3. The first-order valence-corrected chi connectivity index (χ1v) is 8.54. The van der Waals surface area contributed by atoms with Crippen LogP contribution in [0.4, 0.5) is 5.69 Å². The average Bonchev–Trinajstić information content (AvgIpc) is 3.09. The van der Waals surface area contributed by atoms with Crippen LogP contribution in [-0.4, -0.2) is 4.98 Å². The van der Waals surface area contributed by atoms with Crippen LogP contribution in [-0.2, 0) is 6.54 Å². The molecule has 4 rings (SSSR count). The second kappa shape index (κ2) is 5.13. The van der Waals surface area contributed by atoms with Crippen molar-refractivity contribution in [2.24, 2.45) is 0 Å². The van der Waals surface area contributed by atoms with E-state index in [1.807, 2.05) is 16.8 Å². The second-order valence-electron chi connectivity index (χ2n) is 5.14. The Hall–Kier alpha value is -1.91. The summed E-state index contributed by atoms with van der Waals surface area (Å²) in [7, 11) is 0. The number of rotatable bonds is 3. The summed E-state index contributed by atoms with van der Waals surface area (Å²) < 4.78 is 2.60. The van der Waals surface area contributed by atoms with Gasteiger partial charge in [0.2, 0.25) is 0 Å². The molecule has 1 N–H and O–H groups in total. The number of fused-ring (bicyclic) bond motifs is 2. The molecular formula is C17H14N2S2. The lowest BCUT2D eigenvalue weighted by atomic mass is 10.2. The Morgan fingerprint density at radius 3 is 2.95 bits per heavy atom. The molecule has 0 fully saturated rings. The van der Waals surface area contributed by atoms with Crippen molar-refractivity contribution in [1.82, 2.24) is 4.98 Å². The third-order valence-electron chi connectivity index (χ3n) is 3.52. The molecule has 21 heavy (non-hydrogen) atoms. The minimum Gasteiger partial charge on any atom is -0.380 e. The van der Waals surface area contributed by atoms with Crippen LogP contribution in [0, 0.1) is 6.92 Å². The van der Waals surface area contributed by atoms with Gasteiger partial charge in [0.1, 0.15) is 0 Å². The standard InChI is InChI=1S/C17H14N2S2/c1-11-2-3-12-7-14(21-17(12)6-11)9-18-13-4-5-16-15(8-13)19-10-20-16/h2-8,10,18H,9H2,1H3. The lowest BCUT2D eigenvalue weighted by Crippen LogP contribution is -1.96. The highest BCUT2D eigenvalue weighted by molar-refractivity contribution is 7.19. The highest BCUT2D eigenvalue weighted by atomic mass is 32.1. The number of aromatic nitrogens is 1. The second-order valence-corrected chi connectivity index (χ2v) is 7.20. The molecule has 0 amide bonds. The van der Waals surface area contributed by atoms with E-state index in [0.717, 1.165) is 17.7 Å². The van der Waals surface area contributed by atoms with Crippen molar-refractivity contribution in [3.05, 3.63) is 58.4 Å². The largest absolute Gasteiger partial charge is 0.380 e. The monoisotopic (exact) mass is 310 g/mol. The van der Waals surface area contributed by atoms with Gasteiger partial charge in [-0.1, -0.05) is 12.1 Å². The Kier molecular flexibility index (Phi) is 3.13. The summed E-state index contributed by atoms with van der Waals surface area (Å²) in [5.74, 6) is 0. The minimum absolute atomic E-state index is 0.855. The van der Waals surface area contributed by atoms with Crippen molar-refractivity contribution in [3.63, 3.8) is 0 Å². The van der Waals surface area contributed by atoms with E-state index in [1.165, 1.54) is 25.2 Å². The maximum absolute atomic E-state index is 4.36. The van der Waals surface area contributed by atoms with Crippen molar-refractivity contribution >= 4 is 48.7 Å². The van der Waals surface area contributed by atoms with E-state index in [4.69, 9.17) is 0 Å². The van der Waals surface area contributed by atoms with Crippen LogP contribution in [0.1, 0.15) is 10.4 Å². The van der Waals surface area contributed by atoms with Crippen LogP contribution >= 0.6 is 22.7 Å². The van der Waals surface area contributed by atoms with Gasteiger partial charge in [0.05, 0.1) is 15.7 Å². The summed E-state index contributed by atoms with van der Waals surface area (Å²) in [5, 5.41) is 4.82. The molecule has 4 aromatic rings. The number of thiazole rings is 1. The number of hydrogen-bond acceptors (Lipinski definition) is 4. The number of hydrogen-bond donors (Lipinski definition) is 1. The van der Waals surface area contributed by atoms with E-state index in [0.29, 0.717) is 0 Å². The van der Waals surface area contributed by atoms with Crippen LogP contribution in [0.3, 0.4) is 0 Å². The molecule has 0 aliphatic carbocycles. The number of anilines is 1. The van der Waals surface area contributed by atoms with Crippen molar-refractivity contribution in [3.8, 4) is 0 Å². The van der Waals surface area contributed by atoms with Gasteiger partial charge in [0, 0.05) is 21.8 Å². The molecular weight excluding hydrogens is 296 g/mol. The molecule has 2 aromatic heterocycles. The number of thiophene rings is 1. The van der Waals surface area contributed by atoms with Gasteiger partial charge >= 0.3 is 0 Å². The van der Waals surface area contributed by atoms with Gasteiger partial charge in [0.15, 0.2) is 0 Å². The summed E-state index contributed by atoms with van der Waals surface area (Å²) >= 11 is 3.54. The lowest BCUT2D eigenvalue weighted by molar-refractivity contribution is 1.20. The van der Waals surface area contributed by atoms with E-state index in [9.17, 15) is 0 Å². The molecule has 2 aromatic carbocycles. The minimum atomic E-state index is 0.855. The van der Waals surface area contributed by atoms with Gasteiger partial charge in [-0.15, -0.1) is 22.7 Å². The first-order chi connectivity index (χ1) is 10.3. The van der Waals surface area contributed by atoms with Crippen molar-refractivity contribution in [2.45, 2.75) is 13.5 Å². The fourth-order valence-corrected chi connectivity index (χ4v) is 4.20. The van der Waals surface area contributed by atoms with E-state index >= 15 is 0 Å². The maximum Gasteiger partial charge on any atom is 0.0832 e. The van der Waals surface area contributed by atoms with Gasteiger partial charge in [0.25, 0.3) is 0 Å². The Labute approximate surface area is 131 Å². The smallest absolute Gasteiger partial charge is 0.0832 e. The molecule has 0 spiro atoms. The zero-order valence-corrected chi connectivity index (χ0v) is 13.2. The molecule has 0 aliphatic rings. The number of nitrogens with one attached hydrogen (secondary N) is 1. The van der Waals surface area contributed by atoms with Crippen LogP contribution in [0.2, 0.25) is 0 Å². The van der Waals surface area contributed by atoms with E-state index in [1.54, 1.807) is 11.3 Å². The molecule has 2 nitrogen and oxygen atoms in total. The fourth-order valence-electron chi connectivity index (χ4n) is 2.44. The fraction of sp³-hybridized carbons (Fsp3) is 0.118. The Morgan fingerprint density at radius 2 is 2.00 bits per heavy atom. The molecule has 0 saturated heterocycles. The first-order valence-electron chi connectivity index (χ1n) is 6.84. The maximum atomic E-state index is 4.36. The van der Waals surface area contributed by atoms with Crippen LogP contribution in [0.5, 0.6) is 0 Å². The Bertz CT molecular complexity index is 921. The summed E-state index contributed by atoms with van der Waals surface area (Å²) in [4.78, 5) is 5.72. The third kappa shape index (κ3) is 2.52. The number of benzene rings is 2. The normalized spacial score (nSPS) is 11.3. The molecule has 0 bridgehead atoms. The van der Waals surface area contributed by atoms with Gasteiger partial charge in [-0.25, -0.2) is 4.98 Å². The Morgan fingerprint density at radius 1 is 1.05 bits per heavy atom. The molecule has 2 heterocycles. The van der Waals surface area contributed by atoms with E-state index in [-0.39, 0.29) is 0 Å². The third-order valence-corrected chi connectivity index (χ3v) is 5.43. The van der Waals surface area contributed by atoms with E-state index < -0.39 is 0 Å². The number of aryl methyl sites for hydroxylation is 1. The SMILES string of the molecule is Cc1ccc2cc(CNc3ccc4scnc4c3)sc2c1. The molecule has 0 unspecified atom stereocenters. The van der Waals surface area contributed by atoms with Gasteiger partial charge in [-0.3, -0.25) is 0 Å². The number of nitrogens with zero attached hydrogens (tertiary/aromatic N) is 1. The van der Waals surface area contributed by atoms with Gasteiger partial charge < -0.3 is 5.32 Å². The van der Waals surface area contributed by atoms with Gasteiger partial charge in [-0.2, -0.15) is 0 Å². The molecule has 0 atom stereocenters. The highest BCUT2D eigenvalue weighted by Gasteiger charge is 2.03. The van der Waals surface area contributed by atoms with Crippen molar-refractivity contribution in [2.75, 3.05) is 5.32 Å². The van der Waals surface area contributed by atoms with Crippen LogP contribution in [0.15, 0.2) is 48.0 Å². The van der Waals surface area contributed by atoms with Crippen molar-refractivity contribution < 1.29 is 0 Å². The van der Waals surface area contributed by atoms with Crippen LogP contribution < -0.4 is 5.32 Å². The average molecular weight is 310 g/mol. The molecule has 104 valence electrons. The molecule has 0 aliphatic heterocycles. The topological polar surface area (TPSA) is 24.9 Å². The first kappa shape index (κ1) is 12.8. The zero-order chi connectivity index (χ0) is 14.2. The molecule has 0 radical (unpaired) electrons. The van der Waals surface area contributed by atoms with Crippen LogP contribution in [0.25, 0.3) is 20.3 Å². The van der Waals surface area contributed by atoms with Crippen molar-refractivity contribution in [1.29, 1.82) is 0 Å². The summed E-state index contributed by atoms with van der Waals surface area (Å²) in [6.45, 7) is 2.99. The van der Waals surface area contributed by atoms with E-state index in [2.05, 4.69) is 59.7 Å². The predicted octanol–water partition coefficient (Wildman–Crippen LogP) is 5.43.